The zero-order chi connectivity index (χ0) is 22.6. The van der Waals surface area contributed by atoms with Gasteiger partial charge in [-0.25, -0.2) is 0 Å². The Hall–Kier alpha value is -2.79. The third-order valence-electron chi connectivity index (χ3n) is 6.14. The first-order chi connectivity index (χ1) is 14.7. The fourth-order valence-electron chi connectivity index (χ4n) is 4.55. The second-order valence-corrected chi connectivity index (χ2v) is 8.70. The highest BCUT2D eigenvalue weighted by molar-refractivity contribution is 6.42. The van der Waals surface area contributed by atoms with Gasteiger partial charge in [-0.3, -0.25) is 5.41 Å². The van der Waals surface area contributed by atoms with E-state index in [1.54, 1.807) is 37.3 Å². The van der Waals surface area contributed by atoms with Crippen LogP contribution in [0.3, 0.4) is 0 Å². The van der Waals surface area contributed by atoms with E-state index >= 15 is 0 Å². The monoisotopic (exact) mass is 470 g/mol. The summed E-state index contributed by atoms with van der Waals surface area (Å²) in [7, 11) is 0. The van der Waals surface area contributed by atoms with Crippen molar-refractivity contribution in [2.75, 3.05) is 0 Å². The van der Waals surface area contributed by atoms with Gasteiger partial charge in [0, 0.05) is 10.6 Å². The molecule has 2 fully saturated rings. The lowest BCUT2D eigenvalue weighted by Gasteiger charge is -2.48. The average molecular weight is 472 g/mol. The van der Waals surface area contributed by atoms with Crippen LogP contribution in [0.2, 0.25) is 15.1 Å². The second kappa shape index (κ2) is 7.13. The summed E-state index contributed by atoms with van der Waals surface area (Å²) in [6, 6.07) is 17.2. The van der Waals surface area contributed by atoms with Gasteiger partial charge in [0.25, 0.3) is 0 Å². The molecule has 2 heterocycles. The van der Waals surface area contributed by atoms with Crippen molar-refractivity contribution in [3.8, 4) is 18.2 Å². The molecule has 9 heteroatoms. The smallest absolute Gasteiger partial charge is 0.244 e. The molecule has 4 atom stereocenters. The molecule has 2 bridgehead atoms. The van der Waals surface area contributed by atoms with Crippen molar-refractivity contribution in [3.05, 3.63) is 68.7 Å². The van der Waals surface area contributed by atoms with Crippen LogP contribution in [0.5, 0.6) is 0 Å². The molecule has 0 radical (unpaired) electrons. The topological polar surface area (TPSA) is 114 Å². The van der Waals surface area contributed by atoms with Crippen molar-refractivity contribution in [2.24, 2.45) is 16.7 Å². The van der Waals surface area contributed by atoms with Crippen molar-refractivity contribution in [1.82, 2.24) is 0 Å². The van der Waals surface area contributed by atoms with Crippen LogP contribution >= 0.6 is 34.8 Å². The molecule has 0 aromatic heterocycles. The molecule has 2 aromatic rings. The molecule has 0 aliphatic carbocycles. The fourth-order valence-corrected chi connectivity index (χ4v) is 5.05. The number of hydrogen-bond donors (Lipinski definition) is 1. The molecular weight excluding hydrogens is 459 g/mol. The third kappa shape index (κ3) is 2.56. The lowest BCUT2D eigenvalue weighted by Crippen LogP contribution is -2.57. The summed E-state index contributed by atoms with van der Waals surface area (Å²) in [5, 5.41) is 40.1. The number of nitrogens with one attached hydrogen (secondary N) is 1. The minimum absolute atomic E-state index is 0.192. The van der Waals surface area contributed by atoms with E-state index in [4.69, 9.17) is 49.7 Å². The van der Waals surface area contributed by atoms with E-state index < -0.39 is 34.5 Å². The fraction of sp³-hybridized carbons (Fsp3) is 0.273. The Morgan fingerprint density at radius 2 is 1.68 bits per heavy atom. The van der Waals surface area contributed by atoms with Crippen molar-refractivity contribution in [1.29, 1.82) is 21.2 Å². The van der Waals surface area contributed by atoms with E-state index in [-0.39, 0.29) is 10.0 Å². The number of nitriles is 3. The number of ether oxygens (including phenoxy) is 2. The third-order valence-corrected chi connectivity index (χ3v) is 7.12. The van der Waals surface area contributed by atoms with E-state index in [0.717, 1.165) is 0 Å². The Kier molecular flexibility index (Phi) is 4.93. The molecule has 0 amide bonds. The molecule has 154 valence electrons. The molecule has 2 saturated heterocycles. The van der Waals surface area contributed by atoms with E-state index in [9.17, 15) is 15.8 Å². The standard InChI is InChI=1S/C22H13Cl3N4O2/c1-12-21(11-28)19(29)31-22(12,14-3-2-4-15(23)8-14)30-18(20(21,9-26)10-27)13-5-6-16(24)17(25)7-13/h2-8,12,18,29H,1H3. The van der Waals surface area contributed by atoms with E-state index in [1.165, 1.54) is 12.1 Å². The van der Waals surface area contributed by atoms with E-state index in [2.05, 4.69) is 6.07 Å². The molecule has 1 N–H and O–H groups in total. The first kappa shape index (κ1) is 21.4. The van der Waals surface area contributed by atoms with Gasteiger partial charge in [0.15, 0.2) is 5.41 Å². The Labute approximate surface area is 193 Å². The maximum absolute atomic E-state index is 10.3. The van der Waals surface area contributed by atoms with Crippen molar-refractivity contribution < 1.29 is 9.47 Å². The number of benzene rings is 2. The molecule has 31 heavy (non-hydrogen) atoms. The minimum atomic E-state index is -2.09. The summed E-state index contributed by atoms with van der Waals surface area (Å²) in [5.41, 5.74) is -3.18. The van der Waals surface area contributed by atoms with Crippen LogP contribution in [0.1, 0.15) is 24.2 Å². The first-order valence-corrected chi connectivity index (χ1v) is 10.3. The number of hydrogen-bond acceptors (Lipinski definition) is 6. The number of halogens is 3. The van der Waals surface area contributed by atoms with Crippen LogP contribution in [0, 0.1) is 56.2 Å². The zero-order valence-corrected chi connectivity index (χ0v) is 18.3. The molecule has 2 aromatic carbocycles. The average Bonchev–Trinajstić information content (AvgIpc) is 2.92. The van der Waals surface area contributed by atoms with Crippen LogP contribution in [0.4, 0.5) is 0 Å². The molecular formula is C22H13Cl3N4O2. The van der Waals surface area contributed by atoms with Crippen LogP contribution < -0.4 is 0 Å². The lowest BCUT2D eigenvalue weighted by atomic mass is 9.53. The quantitative estimate of drug-likeness (QED) is 0.598. The van der Waals surface area contributed by atoms with Crippen molar-refractivity contribution in [2.45, 2.75) is 18.8 Å². The summed E-state index contributed by atoms with van der Waals surface area (Å²) in [6.07, 6.45) is -1.27. The molecule has 6 nitrogen and oxygen atoms in total. The molecule has 2 aliphatic heterocycles. The van der Waals surface area contributed by atoms with Gasteiger partial charge in [-0.2, -0.15) is 15.8 Å². The summed E-state index contributed by atoms with van der Waals surface area (Å²) >= 11 is 18.4. The minimum Gasteiger partial charge on any atom is -0.443 e. The molecule has 2 aliphatic rings. The summed E-state index contributed by atoms with van der Waals surface area (Å²) < 4.78 is 12.3. The van der Waals surface area contributed by atoms with Crippen LogP contribution in [0.25, 0.3) is 0 Å². The van der Waals surface area contributed by atoms with Crippen LogP contribution in [-0.4, -0.2) is 5.90 Å². The largest absolute Gasteiger partial charge is 0.443 e. The number of rotatable bonds is 2. The van der Waals surface area contributed by atoms with Crippen molar-refractivity contribution >= 4 is 40.7 Å². The molecule has 0 spiro atoms. The van der Waals surface area contributed by atoms with Gasteiger partial charge >= 0.3 is 0 Å². The maximum atomic E-state index is 10.3. The first-order valence-electron chi connectivity index (χ1n) is 9.13. The number of fused-ring (bicyclic) bond motifs is 2. The zero-order valence-electron chi connectivity index (χ0n) is 16.0. The highest BCUT2D eigenvalue weighted by Gasteiger charge is 2.79. The Bertz CT molecular complexity index is 1230. The van der Waals surface area contributed by atoms with Crippen LogP contribution in [0.15, 0.2) is 42.5 Å². The second-order valence-electron chi connectivity index (χ2n) is 7.45. The predicted molar refractivity (Wildman–Crippen MR) is 113 cm³/mol. The van der Waals surface area contributed by atoms with Gasteiger partial charge in [0.1, 0.15) is 6.10 Å². The number of nitrogens with zero attached hydrogens (tertiary/aromatic N) is 3. The summed E-state index contributed by atoms with van der Waals surface area (Å²) in [4.78, 5) is 0. The van der Waals surface area contributed by atoms with Gasteiger partial charge in [-0.05, 0) is 29.8 Å². The van der Waals surface area contributed by atoms with Crippen LogP contribution in [-0.2, 0) is 15.3 Å². The van der Waals surface area contributed by atoms with Gasteiger partial charge < -0.3 is 9.47 Å². The van der Waals surface area contributed by atoms with E-state index in [0.29, 0.717) is 16.1 Å². The highest BCUT2D eigenvalue weighted by atomic mass is 35.5. The van der Waals surface area contributed by atoms with E-state index in [1.807, 2.05) is 12.1 Å². The van der Waals surface area contributed by atoms with Gasteiger partial charge in [-0.15, -0.1) is 0 Å². The normalized spacial score (nSPS) is 30.5. The molecule has 4 unspecified atom stereocenters. The van der Waals surface area contributed by atoms with Gasteiger partial charge in [0.2, 0.25) is 17.1 Å². The predicted octanol–water partition coefficient (Wildman–Crippen LogP) is 5.76. The van der Waals surface area contributed by atoms with Crippen molar-refractivity contribution in [3.63, 3.8) is 0 Å². The van der Waals surface area contributed by atoms with Gasteiger partial charge in [-0.1, -0.05) is 59.9 Å². The van der Waals surface area contributed by atoms with Gasteiger partial charge in [0.05, 0.1) is 34.2 Å². The molecule has 4 rings (SSSR count). The maximum Gasteiger partial charge on any atom is 0.244 e. The molecule has 0 saturated carbocycles. The summed E-state index contributed by atoms with van der Waals surface area (Å²) in [5.74, 6) is -3.01. The Morgan fingerprint density at radius 1 is 0.968 bits per heavy atom. The Morgan fingerprint density at radius 3 is 2.26 bits per heavy atom. The SMILES string of the molecule is CC1C2(c3cccc(Cl)c3)OC(=N)C1(C#N)C(C#N)(C#N)C(c1ccc(Cl)c(Cl)c1)O2. The lowest BCUT2D eigenvalue weighted by molar-refractivity contribution is -0.288. The summed E-state index contributed by atoms with van der Waals surface area (Å²) in [6.45, 7) is 1.63. The highest BCUT2D eigenvalue weighted by Crippen LogP contribution is 2.69. The Balaban J connectivity index is 2.06.